The van der Waals surface area contributed by atoms with Gasteiger partial charge in [0.25, 0.3) is 5.91 Å². The molecule has 0 aliphatic carbocycles. The Kier molecular flexibility index (Phi) is 5.62. The smallest absolute Gasteiger partial charge is 0.257 e. The SMILES string of the molecule is O=C(Nc1ccc(CN2CCCCCC2)cc1)[C@]1(O)CCSC1. The van der Waals surface area contributed by atoms with Crippen molar-refractivity contribution < 1.29 is 9.90 Å². The molecule has 23 heavy (non-hydrogen) atoms. The van der Waals surface area contributed by atoms with Crippen LogP contribution in [0.5, 0.6) is 0 Å². The summed E-state index contributed by atoms with van der Waals surface area (Å²) in [6.45, 7) is 3.35. The summed E-state index contributed by atoms with van der Waals surface area (Å²) in [6, 6.07) is 8.04. The summed E-state index contributed by atoms with van der Waals surface area (Å²) in [4.78, 5) is 14.7. The maximum Gasteiger partial charge on any atom is 0.257 e. The molecular formula is C18H26N2O2S. The van der Waals surface area contributed by atoms with Crippen molar-refractivity contribution in [2.45, 2.75) is 44.2 Å². The molecule has 5 heteroatoms. The lowest BCUT2D eigenvalue weighted by Crippen LogP contribution is -2.42. The number of carbonyl (C=O) groups is 1. The zero-order valence-corrected chi connectivity index (χ0v) is 14.4. The van der Waals surface area contributed by atoms with Gasteiger partial charge >= 0.3 is 0 Å². The van der Waals surface area contributed by atoms with Crippen LogP contribution in [0, 0.1) is 0 Å². The third-order valence-corrected chi connectivity index (χ3v) is 5.91. The molecule has 2 heterocycles. The van der Waals surface area contributed by atoms with Crippen LogP contribution < -0.4 is 5.32 Å². The van der Waals surface area contributed by atoms with E-state index in [9.17, 15) is 9.90 Å². The molecule has 2 aliphatic heterocycles. The lowest BCUT2D eigenvalue weighted by molar-refractivity contribution is -0.131. The highest BCUT2D eigenvalue weighted by Gasteiger charge is 2.39. The molecule has 2 saturated heterocycles. The fraction of sp³-hybridized carbons (Fsp3) is 0.611. The Labute approximate surface area is 142 Å². The molecular weight excluding hydrogens is 308 g/mol. The molecule has 0 saturated carbocycles. The van der Waals surface area contributed by atoms with E-state index in [1.807, 2.05) is 12.1 Å². The molecule has 2 fully saturated rings. The molecule has 4 nitrogen and oxygen atoms in total. The number of aliphatic hydroxyl groups is 1. The van der Waals surface area contributed by atoms with Crippen LogP contribution in [0.15, 0.2) is 24.3 Å². The van der Waals surface area contributed by atoms with E-state index in [0.717, 1.165) is 18.0 Å². The Balaban J connectivity index is 1.55. The quantitative estimate of drug-likeness (QED) is 0.889. The molecule has 126 valence electrons. The first-order valence-electron chi connectivity index (χ1n) is 8.59. The van der Waals surface area contributed by atoms with E-state index in [0.29, 0.717) is 12.2 Å². The third kappa shape index (κ3) is 4.49. The highest BCUT2D eigenvalue weighted by Crippen LogP contribution is 2.29. The topological polar surface area (TPSA) is 52.6 Å². The number of rotatable bonds is 4. The van der Waals surface area contributed by atoms with Crippen LogP contribution in [-0.2, 0) is 11.3 Å². The van der Waals surface area contributed by atoms with Gasteiger partial charge in [-0.3, -0.25) is 9.69 Å². The largest absolute Gasteiger partial charge is 0.379 e. The van der Waals surface area contributed by atoms with Gasteiger partial charge in [0.2, 0.25) is 0 Å². The summed E-state index contributed by atoms with van der Waals surface area (Å²) in [5.41, 5.74) is 0.843. The maximum atomic E-state index is 12.2. The Morgan fingerprint density at radius 2 is 1.87 bits per heavy atom. The summed E-state index contributed by atoms with van der Waals surface area (Å²) in [5, 5.41) is 13.1. The zero-order valence-electron chi connectivity index (χ0n) is 13.6. The molecule has 0 radical (unpaired) electrons. The Hall–Kier alpha value is -1.04. The molecule has 0 bridgehead atoms. The van der Waals surface area contributed by atoms with Gasteiger partial charge in [-0.2, -0.15) is 11.8 Å². The Morgan fingerprint density at radius 1 is 1.17 bits per heavy atom. The van der Waals surface area contributed by atoms with Crippen LogP contribution in [0.2, 0.25) is 0 Å². The van der Waals surface area contributed by atoms with Crippen molar-refractivity contribution >= 4 is 23.4 Å². The Bertz CT molecular complexity index is 518. The van der Waals surface area contributed by atoms with E-state index >= 15 is 0 Å². The number of hydrogen-bond donors (Lipinski definition) is 2. The average molecular weight is 334 g/mol. The molecule has 3 rings (SSSR count). The van der Waals surface area contributed by atoms with Crippen LogP contribution in [0.25, 0.3) is 0 Å². The van der Waals surface area contributed by atoms with E-state index in [4.69, 9.17) is 0 Å². The molecule has 1 atom stereocenters. The summed E-state index contributed by atoms with van der Waals surface area (Å²) < 4.78 is 0. The molecule has 0 unspecified atom stereocenters. The van der Waals surface area contributed by atoms with Crippen molar-refractivity contribution in [3.8, 4) is 0 Å². The van der Waals surface area contributed by atoms with Gasteiger partial charge in [-0.1, -0.05) is 25.0 Å². The number of benzene rings is 1. The van der Waals surface area contributed by atoms with Crippen molar-refractivity contribution in [1.82, 2.24) is 4.90 Å². The van der Waals surface area contributed by atoms with Crippen molar-refractivity contribution in [2.75, 3.05) is 29.9 Å². The van der Waals surface area contributed by atoms with Gasteiger partial charge < -0.3 is 10.4 Å². The number of anilines is 1. The molecule has 2 aliphatic rings. The van der Waals surface area contributed by atoms with Crippen LogP contribution in [-0.4, -0.2) is 46.1 Å². The minimum absolute atomic E-state index is 0.275. The van der Waals surface area contributed by atoms with Crippen LogP contribution in [0.1, 0.15) is 37.7 Å². The maximum absolute atomic E-state index is 12.2. The first-order chi connectivity index (χ1) is 11.2. The number of hydrogen-bond acceptors (Lipinski definition) is 4. The number of nitrogens with zero attached hydrogens (tertiary/aromatic N) is 1. The van der Waals surface area contributed by atoms with E-state index in [1.54, 1.807) is 11.8 Å². The van der Waals surface area contributed by atoms with Crippen LogP contribution in [0.3, 0.4) is 0 Å². The second-order valence-corrected chi connectivity index (χ2v) is 7.78. The van der Waals surface area contributed by atoms with E-state index in [-0.39, 0.29) is 5.91 Å². The second kappa shape index (κ2) is 7.69. The molecule has 0 aromatic heterocycles. The lowest BCUT2D eigenvalue weighted by atomic mass is 10.0. The molecule has 2 N–H and O–H groups in total. The molecule has 1 aromatic carbocycles. The highest BCUT2D eigenvalue weighted by molar-refractivity contribution is 7.99. The second-order valence-electron chi connectivity index (χ2n) is 6.68. The number of thioether (sulfide) groups is 1. The molecule has 1 amide bonds. The predicted molar refractivity (Wildman–Crippen MR) is 95.7 cm³/mol. The van der Waals surface area contributed by atoms with E-state index in [1.165, 1.54) is 44.3 Å². The fourth-order valence-corrected chi connectivity index (χ4v) is 4.47. The summed E-state index contributed by atoms with van der Waals surface area (Å²) in [7, 11) is 0. The molecule has 1 aromatic rings. The number of amides is 1. The van der Waals surface area contributed by atoms with Gasteiger partial charge in [0.1, 0.15) is 0 Å². The minimum Gasteiger partial charge on any atom is -0.379 e. The molecule has 0 spiro atoms. The summed E-state index contributed by atoms with van der Waals surface area (Å²) in [6.07, 6.45) is 5.83. The van der Waals surface area contributed by atoms with Gasteiger partial charge in [0.15, 0.2) is 5.60 Å². The van der Waals surface area contributed by atoms with Gasteiger partial charge in [-0.05, 0) is 55.8 Å². The van der Waals surface area contributed by atoms with E-state index < -0.39 is 5.60 Å². The number of likely N-dealkylation sites (tertiary alicyclic amines) is 1. The highest BCUT2D eigenvalue weighted by atomic mass is 32.2. The monoisotopic (exact) mass is 334 g/mol. The van der Waals surface area contributed by atoms with Gasteiger partial charge in [-0.25, -0.2) is 0 Å². The van der Waals surface area contributed by atoms with Crippen molar-refractivity contribution in [3.63, 3.8) is 0 Å². The predicted octanol–water partition coefficient (Wildman–Crippen LogP) is 2.87. The standard InChI is InChI=1S/C18H26N2O2S/c21-17(18(22)9-12-23-14-18)19-16-7-5-15(6-8-16)13-20-10-3-1-2-4-11-20/h5-8,22H,1-4,9-14H2,(H,19,21)/t18-/m0/s1. The fourth-order valence-electron chi connectivity index (χ4n) is 3.23. The third-order valence-electron chi connectivity index (χ3n) is 4.74. The average Bonchev–Trinajstić information content (AvgIpc) is 2.85. The van der Waals surface area contributed by atoms with Crippen LogP contribution in [0.4, 0.5) is 5.69 Å². The summed E-state index contributed by atoms with van der Waals surface area (Å²) >= 11 is 1.63. The van der Waals surface area contributed by atoms with Gasteiger partial charge in [-0.15, -0.1) is 0 Å². The van der Waals surface area contributed by atoms with Gasteiger partial charge in [0.05, 0.1) is 0 Å². The van der Waals surface area contributed by atoms with Crippen molar-refractivity contribution in [1.29, 1.82) is 0 Å². The van der Waals surface area contributed by atoms with E-state index in [2.05, 4.69) is 22.3 Å². The first-order valence-corrected chi connectivity index (χ1v) is 9.74. The normalized spacial score (nSPS) is 26.0. The van der Waals surface area contributed by atoms with Crippen molar-refractivity contribution in [2.24, 2.45) is 0 Å². The number of nitrogens with one attached hydrogen (secondary N) is 1. The minimum atomic E-state index is -1.20. The first kappa shape index (κ1) is 16.8. The zero-order chi connectivity index (χ0) is 16.1. The van der Waals surface area contributed by atoms with Crippen LogP contribution >= 0.6 is 11.8 Å². The summed E-state index contributed by atoms with van der Waals surface area (Å²) in [5.74, 6) is 1.06. The lowest BCUT2D eigenvalue weighted by Gasteiger charge is -2.21. The van der Waals surface area contributed by atoms with Crippen molar-refractivity contribution in [3.05, 3.63) is 29.8 Å². The number of carbonyl (C=O) groups excluding carboxylic acids is 1. The Morgan fingerprint density at radius 3 is 2.48 bits per heavy atom. The van der Waals surface area contributed by atoms with Gasteiger partial charge in [0, 0.05) is 18.0 Å².